The van der Waals surface area contributed by atoms with E-state index in [-0.39, 0.29) is 5.91 Å². The van der Waals surface area contributed by atoms with Crippen LogP contribution in [0.1, 0.15) is 32.1 Å². The molecule has 0 atom stereocenters. The Bertz CT molecular complexity index is 689. The van der Waals surface area contributed by atoms with Crippen LogP contribution < -0.4 is 9.80 Å². The van der Waals surface area contributed by atoms with Gasteiger partial charge in [0.15, 0.2) is 5.13 Å². The number of benzene rings is 1. The minimum Gasteiger partial charge on any atom is -0.348 e. The lowest BCUT2D eigenvalue weighted by molar-refractivity contribution is -0.117. The lowest BCUT2D eigenvalue weighted by Gasteiger charge is -2.25. The molecule has 4 rings (SSSR count). The SMILES string of the molecule is O=C1CCCN1c1ccc(-c2csc(N3CCCCC3)n2)cc1. The van der Waals surface area contributed by atoms with Crippen LogP contribution in [-0.4, -0.2) is 30.5 Å². The molecule has 1 aromatic heterocycles. The van der Waals surface area contributed by atoms with E-state index >= 15 is 0 Å². The van der Waals surface area contributed by atoms with Crippen molar-refractivity contribution in [1.82, 2.24) is 4.98 Å². The first-order valence-corrected chi connectivity index (χ1v) is 9.30. The average molecular weight is 327 g/mol. The van der Waals surface area contributed by atoms with Crippen molar-refractivity contribution in [2.45, 2.75) is 32.1 Å². The van der Waals surface area contributed by atoms with E-state index in [1.807, 2.05) is 17.0 Å². The number of nitrogens with zero attached hydrogens (tertiary/aromatic N) is 3. The summed E-state index contributed by atoms with van der Waals surface area (Å²) in [5, 5.41) is 3.28. The van der Waals surface area contributed by atoms with Gasteiger partial charge in [-0.25, -0.2) is 4.98 Å². The lowest BCUT2D eigenvalue weighted by Crippen LogP contribution is -2.29. The van der Waals surface area contributed by atoms with Gasteiger partial charge in [-0.3, -0.25) is 4.79 Å². The van der Waals surface area contributed by atoms with Crippen molar-refractivity contribution in [3.05, 3.63) is 29.6 Å². The summed E-state index contributed by atoms with van der Waals surface area (Å²) >= 11 is 1.73. The third kappa shape index (κ3) is 2.98. The number of rotatable bonds is 3. The number of amides is 1. The van der Waals surface area contributed by atoms with Gasteiger partial charge in [-0.1, -0.05) is 12.1 Å². The standard InChI is InChI=1S/C18H21N3OS/c22-17-5-4-12-21(17)15-8-6-14(7-9-15)16-13-23-18(19-16)20-10-2-1-3-11-20/h6-9,13H,1-5,10-12H2. The van der Waals surface area contributed by atoms with Crippen molar-refractivity contribution in [3.8, 4) is 11.3 Å². The maximum atomic E-state index is 11.8. The van der Waals surface area contributed by atoms with Crippen molar-refractivity contribution in [2.75, 3.05) is 29.4 Å². The second-order valence-corrected chi connectivity index (χ2v) is 7.10. The molecular formula is C18H21N3OS. The van der Waals surface area contributed by atoms with Gasteiger partial charge in [-0.2, -0.15) is 0 Å². The summed E-state index contributed by atoms with van der Waals surface area (Å²) < 4.78 is 0. The number of thiazole rings is 1. The van der Waals surface area contributed by atoms with Gasteiger partial charge in [0.05, 0.1) is 5.69 Å². The summed E-state index contributed by atoms with van der Waals surface area (Å²) in [6.45, 7) is 3.10. The number of aromatic nitrogens is 1. The lowest BCUT2D eigenvalue weighted by atomic mass is 10.1. The number of anilines is 2. The van der Waals surface area contributed by atoms with Crippen LogP contribution in [0.25, 0.3) is 11.3 Å². The Morgan fingerprint density at radius 2 is 1.74 bits per heavy atom. The molecule has 0 aliphatic carbocycles. The van der Waals surface area contributed by atoms with Crippen LogP contribution in [0.3, 0.4) is 0 Å². The molecule has 0 radical (unpaired) electrons. The number of hydrogen-bond acceptors (Lipinski definition) is 4. The van der Waals surface area contributed by atoms with Crippen LogP contribution in [0.15, 0.2) is 29.6 Å². The van der Waals surface area contributed by atoms with Gasteiger partial charge in [0, 0.05) is 42.7 Å². The molecule has 2 fully saturated rings. The number of piperidine rings is 1. The normalized spacial score (nSPS) is 18.7. The first-order valence-electron chi connectivity index (χ1n) is 8.42. The minimum atomic E-state index is 0.235. The summed E-state index contributed by atoms with van der Waals surface area (Å²) in [5.74, 6) is 0.235. The summed E-state index contributed by atoms with van der Waals surface area (Å²) in [7, 11) is 0. The Labute approximate surface area is 140 Å². The summed E-state index contributed by atoms with van der Waals surface area (Å²) in [6, 6.07) is 8.24. The highest BCUT2D eigenvalue weighted by Crippen LogP contribution is 2.30. The van der Waals surface area contributed by atoms with Crippen LogP contribution >= 0.6 is 11.3 Å². The summed E-state index contributed by atoms with van der Waals surface area (Å²) in [4.78, 5) is 20.9. The van der Waals surface area contributed by atoms with E-state index in [9.17, 15) is 4.79 Å². The molecule has 0 spiro atoms. The zero-order valence-corrected chi connectivity index (χ0v) is 14.0. The van der Waals surface area contributed by atoms with Crippen LogP contribution in [-0.2, 0) is 4.79 Å². The van der Waals surface area contributed by atoms with E-state index in [0.717, 1.165) is 48.1 Å². The molecule has 4 nitrogen and oxygen atoms in total. The van der Waals surface area contributed by atoms with Crippen molar-refractivity contribution in [2.24, 2.45) is 0 Å². The fourth-order valence-corrected chi connectivity index (χ4v) is 4.25. The highest BCUT2D eigenvalue weighted by atomic mass is 32.1. The van der Waals surface area contributed by atoms with Gasteiger partial charge in [0.2, 0.25) is 5.91 Å². The van der Waals surface area contributed by atoms with Crippen LogP contribution in [0.2, 0.25) is 0 Å². The number of hydrogen-bond donors (Lipinski definition) is 0. The van der Waals surface area contributed by atoms with Gasteiger partial charge in [-0.05, 0) is 37.8 Å². The topological polar surface area (TPSA) is 36.4 Å². The molecule has 120 valence electrons. The molecule has 1 aromatic carbocycles. The molecule has 2 aliphatic rings. The molecular weight excluding hydrogens is 306 g/mol. The van der Waals surface area contributed by atoms with Gasteiger partial charge < -0.3 is 9.80 Å². The molecule has 3 heterocycles. The van der Waals surface area contributed by atoms with Gasteiger partial charge >= 0.3 is 0 Å². The van der Waals surface area contributed by atoms with Crippen LogP contribution in [0.5, 0.6) is 0 Å². The first kappa shape index (κ1) is 14.7. The Kier molecular flexibility index (Phi) is 4.04. The molecule has 0 N–H and O–H groups in total. The second-order valence-electron chi connectivity index (χ2n) is 6.26. The predicted octanol–water partition coefficient (Wildman–Crippen LogP) is 3.93. The molecule has 0 saturated carbocycles. The molecule has 0 unspecified atom stereocenters. The van der Waals surface area contributed by atoms with Crippen molar-refractivity contribution in [1.29, 1.82) is 0 Å². The van der Waals surface area contributed by atoms with Crippen LogP contribution in [0.4, 0.5) is 10.8 Å². The van der Waals surface area contributed by atoms with E-state index in [1.54, 1.807) is 11.3 Å². The van der Waals surface area contributed by atoms with Crippen LogP contribution in [0, 0.1) is 0 Å². The summed E-state index contributed by atoms with van der Waals surface area (Å²) in [5.41, 5.74) is 3.16. The van der Waals surface area contributed by atoms with Crippen molar-refractivity contribution in [3.63, 3.8) is 0 Å². The molecule has 2 aromatic rings. The monoisotopic (exact) mass is 327 g/mol. The Balaban J connectivity index is 1.52. The van der Waals surface area contributed by atoms with E-state index in [1.165, 1.54) is 19.3 Å². The fourth-order valence-electron chi connectivity index (χ4n) is 3.36. The van der Waals surface area contributed by atoms with E-state index < -0.39 is 0 Å². The van der Waals surface area contributed by atoms with Crippen molar-refractivity contribution < 1.29 is 4.79 Å². The highest BCUT2D eigenvalue weighted by molar-refractivity contribution is 7.14. The summed E-state index contributed by atoms with van der Waals surface area (Å²) in [6.07, 6.45) is 5.52. The molecule has 1 amide bonds. The van der Waals surface area contributed by atoms with E-state index in [0.29, 0.717) is 6.42 Å². The average Bonchev–Trinajstić information content (AvgIpc) is 3.25. The maximum Gasteiger partial charge on any atom is 0.227 e. The Morgan fingerprint density at radius 3 is 2.43 bits per heavy atom. The van der Waals surface area contributed by atoms with E-state index in [2.05, 4.69) is 22.4 Å². The largest absolute Gasteiger partial charge is 0.348 e. The first-order chi connectivity index (χ1) is 11.3. The van der Waals surface area contributed by atoms with E-state index in [4.69, 9.17) is 4.98 Å². The molecule has 0 bridgehead atoms. The predicted molar refractivity (Wildman–Crippen MR) is 95.2 cm³/mol. The fraction of sp³-hybridized carbons (Fsp3) is 0.444. The zero-order valence-electron chi connectivity index (χ0n) is 13.2. The Morgan fingerprint density at radius 1 is 0.957 bits per heavy atom. The quantitative estimate of drug-likeness (QED) is 0.857. The molecule has 5 heteroatoms. The van der Waals surface area contributed by atoms with Gasteiger partial charge in [0.25, 0.3) is 0 Å². The van der Waals surface area contributed by atoms with Crippen molar-refractivity contribution >= 4 is 28.1 Å². The zero-order chi connectivity index (χ0) is 15.6. The van der Waals surface area contributed by atoms with Gasteiger partial charge in [-0.15, -0.1) is 11.3 Å². The third-order valence-corrected chi connectivity index (χ3v) is 5.57. The molecule has 23 heavy (non-hydrogen) atoms. The molecule has 2 aliphatic heterocycles. The smallest absolute Gasteiger partial charge is 0.227 e. The maximum absolute atomic E-state index is 11.8. The minimum absolute atomic E-state index is 0.235. The third-order valence-electron chi connectivity index (χ3n) is 4.67. The number of carbonyl (C=O) groups is 1. The molecule has 2 saturated heterocycles. The second kappa shape index (κ2) is 6.32. The van der Waals surface area contributed by atoms with Gasteiger partial charge in [0.1, 0.15) is 0 Å². The number of carbonyl (C=O) groups excluding carboxylic acids is 1. The highest BCUT2D eigenvalue weighted by Gasteiger charge is 2.21. The Hall–Kier alpha value is -1.88.